The fourth-order valence-corrected chi connectivity index (χ4v) is 0.611. The Labute approximate surface area is 69.1 Å². The van der Waals surface area contributed by atoms with Crippen molar-refractivity contribution in [3.8, 4) is 6.07 Å². The van der Waals surface area contributed by atoms with Gasteiger partial charge in [0.25, 0.3) is 0 Å². The number of rotatable bonds is 2. The van der Waals surface area contributed by atoms with E-state index in [2.05, 4.69) is 16.0 Å². The van der Waals surface area contributed by atoms with Gasteiger partial charge in [-0.2, -0.15) is 15.1 Å². The van der Waals surface area contributed by atoms with E-state index in [0.717, 1.165) is 5.23 Å². The Bertz CT molecular complexity index is 253. The Morgan fingerprint density at radius 2 is 2.67 bits per heavy atom. The molecule has 1 rings (SSSR count). The van der Waals surface area contributed by atoms with E-state index >= 15 is 0 Å². The van der Waals surface area contributed by atoms with Gasteiger partial charge in [0.2, 0.25) is 5.95 Å². The molecule has 0 aromatic heterocycles. The van der Waals surface area contributed by atoms with Crippen molar-refractivity contribution in [1.82, 2.24) is 16.1 Å². The van der Waals surface area contributed by atoms with E-state index in [1.165, 1.54) is 12.3 Å². The maximum absolute atomic E-state index is 12.5. The third-order valence-corrected chi connectivity index (χ3v) is 1.13. The summed E-state index contributed by atoms with van der Waals surface area (Å²) in [6.07, 6.45) is 2.46. The van der Waals surface area contributed by atoms with Crippen LogP contribution in [0.1, 0.15) is 6.92 Å². The van der Waals surface area contributed by atoms with Crippen molar-refractivity contribution < 1.29 is 4.39 Å². The molecule has 6 heteroatoms. The standard InChI is InChI=1S/C6H8FN5/c1-5(4-8)10-12-9-3-2-6(7)11-12/h2-3,5,10-11H,1H3. The maximum atomic E-state index is 12.5. The average molecular weight is 169 g/mol. The van der Waals surface area contributed by atoms with E-state index in [1.54, 1.807) is 6.92 Å². The van der Waals surface area contributed by atoms with Gasteiger partial charge >= 0.3 is 0 Å². The molecule has 64 valence electrons. The molecular formula is C6H8FN5. The van der Waals surface area contributed by atoms with Crippen LogP contribution in [0.5, 0.6) is 0 Å². The second-order valence-electron chi connectivity index (χ2n) is 2.18. The number of halogens is 1. The van der Waals surface area contributed by atoms with Gasteiger partial charge in [-0.1, -0.05) is 0 Å². The van der Waals surface area contributed by atoms with Gasteiger partial charge in [-0.3, -0.25) is 0 Å². The van der Waals surface area contributed by atoms with Gasteiger partial charge in [0.15, 0.2) is 0 Å². The van der Waals surface area contributed by atoms with Crippen molar-refractivity contribution in [3.05, 3.63) is 12.0 Å². The highest BCUT2D eigenvalue weighted by Gasteiger charge is 2.08. The molecule has 0 aliphatic carbocycles. The number of nitriles is 1. The fourth-order valence-electron chi connectivity index (χ4n) is 0.611. The van der Waals surface area contributed by atoms with E-state index in [-0.39, 0.29) is 0 Å². The van der Waals surface area contributed by atoms with Crippen LogP contribution in [0, 0.1) is 11.3 Å². The van der Waals surface area contributed by atoms with Crippen molar-refractivity contribution in [2.24, 2.45) is 5.10 Å². The molecule has 0 spiro atoms. The van der Waals surface area contributed by atoms with Crippen LogP contribution in [0.3, 0.4) is 0 Å². The van der Waals surface area contributed by atoms with Crippen LogP contribution in [-0.2, 0) is 0 Å². The van der Waals surface area contributed by atoms with Crippen LogP contribution in [0.2, 0.25) is 0 Å². The molecule has 0 fully saturated rings. The van der Waals surface area contributed by atoms with Crippen molar-refractivity contribution in [1.29, 1.82) is 5.26 Å². The van der Waals surface area contributed by atoms with E-state index in [9.17, 15) is 4.39 Å². The number of hydrazine groups is 2. The molecule has 0 bridgehead atoms. The minimum Gasteiger partial charge on any atom is -0.242 e. The summed E-state index contributed by atoms with van der Waals surface area (Å²) < 4.78 is 12.5. The molecule has 0 aromatic carbocycles. The molecule has 1 atom stereocenters. The van der Waals surface area contributed by atoms with Gasteiger partial charge in [-0.25, -0.2) is 5.43 Å². The predicted molar refractivity (Wildman–Crippen MR) is 40.9 cm³/mol. The van der Waals surface area contributed by atoms with Gasteiger partial charge in [0.1, 0.15) is 6.04 Å². The number of hydrogen-bond acceptors (Lipinski definition) is 5. The van der Waals surface area contributed by atoms with Crippen LogP contribution < -0.4 is 10.9 Å². The quantitative estimate of drug-likeness (QED) is 0.572. The highest BCUT2D eigenvalue weighted by molar-refractivity contribution is 5.71. The molecule has 0 amide bonds. The molecule has 5 nitrogen and oxygen atoms in total. The van der Waals surface area contributed by atoms with Crippen molar-refractivity contribution in [2.45, 2.75) is 13.0 Å². The van der Waals surface area contributed by atoms with Crippen LogP contribution in [0.25, 0.3) is 0 Å². The summed E-state index contributed by atoms with van der Waals surface area (Å²) >= 11 is 0. The van der Waals surface area contributed by atoms with Crippen molar-refractivity contribution >= 4 is 6.21 Å². The van der Waals surface area contributed by atoms with Crippen LogP contribution in [0.4, 0.5) is 4.39 Å². The molecule has 0 saturated heterocycles. The Kier molecular flexibility index (Phi) is 2.61. The summed E-state index contributed by atoms with van der Waals surface area (Å²) in [4.78, 5) is 0. The highest BCUT2D eigenvalue weighted by atomic mass is 19.1. The Morgan fingerprint density at radius 1 is 1.92 bits per heavy atom. The molecule has 0 radical (unpaired) electrons. The number of hydrogen-bond donors (Lipinski definition) is 2. The van der Waals surface area contributed by atoms with E-state index < -0.39 is 12.0 Å². The average Bonchev–Trinajstić information content (AvgIpc) is 2.04. The largest absolute Gasteiger partial charge is 0.242 e. The topological polar surface area (TPSA) is 63.5 Å². The molecule has 2 N–H and O–H groups in total. The lowest BCUT2D eigenvalue weighted by molar-refractivity contribution is 0.112. The first-order valence-corrected chi connectivity index (χ1v) is 3.34. The molecule has 1 aliphatic heterocycles. The lowest BCUT2D eigenvalue weighted by Crippen LogP contribution is -2.48. The highest BCUT2D eigenvalue weighted by Crippen LogP contribution is 1.96. The number of allylic oxidation sites excluding steroid dienone is 1. The van der Waals surface area contributed by atoms with Crippen molar-refractivity contribution in [2.75, 3.05) is 0 Å². The number of hydrazone groups is 1. The Hall–Kier alpha value is -1.61. The summed E-state index contributed by atoms with van der Waals surface area (Å²) in [7, 11) is 0. The molecule has 1 unspecified atom stereocenters. The third kappa shape index (κ3) is 2.21. The molecular weight excluding hydrogens is 161 g/mol. The summed E-state index contributed by atoms with van der Waals surface area (Å²) in [5.74, 6) is -0.525. The maximum Gasteiger partial charge on any atom is 0.209 e. The van der Waals surface area contributed by atoms with Gasteiger partial charge in [-0.15, -0.1) is 10.3 Å². The Morgan fingerprint density at radius 3 is 3.25 bits per heavy atom. The first-order chi connectivity index (χ1) is 5.72. The normalized spacial score (nSPS) is 17.8. The third-order valence-electron chi connectivity index (χ3n) is 1.13. The smallest absolute Gasteiger partial charge is 0.209 e. The summed E-state index contributed by atoms with van der Waals surface area (Å²) in [5, 5.41) is 13.1. The van der Waals surface area contributed by atoms with Gasteiger partial charge in [0.05, 0.1) is 12.3 Å². The second-order valence-corrected chi connectivity index (χ2v) is 2.18. The summed E-state index contributed by atoms with van der Waals surface area (Å²) in [6, 6.07) is 1.49. The first-order valence-electron chi connectivity index (χ1n) is 3.34. The van der Waals surface area contributed by atoms with Crippen LogP contribution >= 0.6 is 0 Å². The molecule has 1 aliphatic rings. The Balaban J connectivity index is 2.43. The molecule has 0 saturated carbocycles. The lowest BCUT2D eigenvalue weighted by atomic mass is 10.4. The zero-order chi connectivity index (χ0) is 8.97. The van der Waals surface area contributed by atoms with Crippen molar-refractivity contribution in [3.63, 3.8) is 0 Å². The van der Waals surface area contributed by atoms with E-state index in [1.807, 2.05) is 6.07 Å². The summed E-state index contributed by atoms with van der Waals surface area (Å²) in [5.41, 5.74) is 4.83. The predicted octanol–water partition coefficient (Wildman–Crippen LogP) is 0.0200. The second kappa shape index (κ2) is 3.69. The van der Waals surface area contributed by atoms with Gasteiger partial charge in [-0.05, 0) is 6.92 Å². The number of nitrogens with one attached hydrogen (secondary N) is 2. The monoisotopic (exact) mass is 169 g/mol. The zero-order valence-corrected chi connectivity index (χ0v) is 6.45. The molecule has 0 aromatic rings. The fraction of sp³-hybridized carbons (Fsp3) is 0.333. The molecule has 1 heterocycles. The zero-order valence-electron chi connectivity index (χ0n) is 6.45. The molecule has 12 heavy (non-hydrogen) atoms. The van der Waals surface area contributed by atoms with E-state index in [0.29, 0.717) is 0 Å². The van der Waals surface area contributed by atoms with E-state index in [4.69, 9.17) is 5.26 Å². The minimum atomic E-state index is -0.525. The van der Waals surface area contributed by atoms with Crippen LogP contribution in [0.15, 0.2) is 17.1 Å². The van der Waals surface area contributed by atoms with Crippen LogP contribution in [-0.4, -0.2) is 17.5 Å². The lowest BCUT2D eigenvalue weighted by Gasteiger charge is -2.22. The SMILES string of the molecule is CC(C#N)NN1N=CC=C(F)N1. The van der Waals surface area contributed by atoms with Gasteiger partial charge in [0, 0.05) is 6.08 Å². The summed E-state index contributed by atoms with van der Waals surface area (Å²) in [6.45, 7) is 1.63. The number of nitrogens with zero attached hydrogens (tertiary/aromatic N) is 3. The minimum absolute atomic E-state index is 0.430. The first kappa shape index (κ1) is 8.49. The van der Waals surface area contributed by atoms with Gasteiger partial charge < -0.3 is 0 Å².